The zero-order chi connectivity index (χ0) is 6.78. The van der Waals surface area contributed by atoms with Crippen molar-refractivity contribution in [2.24, 2.45) is 0 Å². The van der Waals surface area contributed by atoms with Crippen molar-refractivity contribution in [1.82, 2.24) is 0 Å². The van der Waals surface area contributed by atoms with Crippen molar-refractivity contribution < 1.29 is 15.6 Å². The predicted octanol–water partition coefficient (Wildman–Crippen LogP) is 0.433. The molecule has 0 heterocycles. The monoisotopic (exact) mass is 123 g/mol. The molecule has 0 aliphatic carbocycles. The molecule has 0 fully saturated rings. The van der Waals surface area contributed by atoms with E-state index < -0.39 is 19.8 Å². The number of rotatable bonds is 1. The normalized spacial score (nSPS) is 20.0. The van der Waals surface area contributed by atoms with Gasteiger partial charge in [0, 0.05) is 14.9 Å². The van der Waals surface area contributed by atoms with Gasteiger partial charge >= 0.3 is 0 Å². The van der Waals surface area contributed by atoms with Crippen molar-refractivity contribution in [1.29, 1.82) is 0 Å². The molecule has 0 saturated heterocycles. The molecule has 0 rings (SSSR count). The average Bonchev–Trinajstić information content (AvgIpc) is 1.62. The van der Waals surface area contributed by atoms with Gasteiger partial charge in [-0.15, -0.1) is 0 Å². The molecular formula is C3H7O3P. The summed E-state index contributed by atoms with van der Waals surface area (Å²) in [6, 6.07) is 0. The highest BCUT2D eigenvalue weighted by Gasteiger charge is 2.14. The predicted molar refractivity (Wildman–Crippen MR) is 26.4 cm³/mol. The maximum Gasteiger partial charge on any atom is 0.260 e. The first-order valence-corrected chi connectivity index (χ1v) is 3.72. The van der Waals surface area contributed by atoms with E-state index in [4.69, 9.17) is 6.26 Å². The molecule has 42 valence electrons. The largest absolute Gasteiger partial charge is 0.339 e. The van der Waals surface area contributed by atoms with Gasteiger partial charge in [0.15, 0.2) is 0 Å². The SMILES string of the molecule is [2H]CC(=O)P(C)(=O)O. The van der Waals surface area contributed by atoms with E-state index in [1.54, 1.807) is 0 Å². The van der Waals surface area contributed by atoms with Gasteiger partial charge in [0.05, 0.1) is 0 Å². The van der Waals surface area contributed by atoms with Crippen LogP contribution in [0.2, 0.25) is 0 Å². The highest BCUT2D eigenvalue weighted by Crippen LogP contribution is 2.35. The Kier molecular flexibility index (Phi) is 1.26. The molecule has 0 aromatic carbocycles. The van der Waals surface area contributed by atoms with Crippen molar-refractivity contribution in [3.8, 4) is 0 Å². The van der Waals surface area contributed by atoms with Crippen LogP contribution < -0.4 is 0 Å². The fourth-order valence-electron chi connectivity index (χ4n) is 0. The first-order chi connectivity index (χ1) is 3.48. The van der Waals surface area contributed by atoms with Crippen LogP contribution in [-0.4, -0.2) is 17.1 Å². The molecule has 0 spiro atoms. The van der Waals surface area contributed by atoms with Gasteiger partial charge in [-0.2, -0.15) is 0 Å². The standard InChI is InChI=1S/C3H7O3P/c1-3(4)7(2,5)6/h1-2H3,(H,5,6)/i1D. The molecule has 0 saturated carbocycles. The van der Waals surface area contributed by atoms with Gasteiger partial charge in [0.2, 0.25) is 5.52 Å². The van der Waals surface area contributed by atoms with Crippen LogP contribution in [0.5, 0.6) is 0 Å². The zero-order valence-electron chi connectivity index (χ0n) is 4.92. The second kappa shape index (κ2) is 1.76. The fraction of sp³-hybridized carbons (Fsp3) is 0.667. The molecule has 3 nitrogen and oxygen atoms in total. The van der Waals surface area contributed by atoms with Crippen molar-refractivity contribution in [3.63, 3.8) is 0 Å². The first-order valence-electron chi connectivity index (χ1n) is 2.32. The lowest BCUT2D eigenvalue weighted by molar-refractivity contribution is -0.110. The van der Waals surface area contributed by atoms with Gasteiger partial charge in [-0.3, -0.25) is 9.36 Å². The van der Waals surface area contributed by atoms with Crippen molar-refractivity contribution in [3.05, 3.63) is 0 Å². The van der Waals surface area contributed by atoms with Crippen LogP contribution >= 0.6 is 7.37 Å². The summed E-state index contributed by atoms with van der Waals surface area (Å²) in [7, 11) is -3.58. The first kappa shape index (κ1) is 5.01. The van der Waals surface area contributed by atoms with E-state index in [1.165, 1.54) is 0 Å². The third-order valence-electron chi connectivity index (χ3n) is 0.463. The Morgan fingerprint density at radius 3 is 2.43 bits per heavy atom. The molecule has 7 heavy (non-hydrogen) atoms. The number of carbonyl (C=O) groups excluding carboxylic acids is 1. The molecule has 0 aromatic heterocycles. The maximum atomic E-state index is 10.2. The van der Waals surface area contributed by atoms with Gasteiger partial charge in [-0.25, -0.2) is 0 Å². The van der Waals surface area contributed by atoms with E-state index in [0.29, 0.717) is 0 Å². The highest BCUT2D eigenvalue weighted by atomic mass is 31.2. The molecule has 1 N–H and O–H groups in total. The van der Waals surface area contributed by atoms with Gasteiger partial charge in [0.25, 0.3) is 7.37 Å². The third-order valence-corrected chi connectivity index (χ3v) is 1.39. The minimum Gasteiger partial charge on any atom is -0.339 e. The van der Waals surface area contributed by atoms with Crippen LogP contribution in [-0.2, 0) is 9.36 Å². The quantitative estimate of drug-likeness (QED) is 0.514. The lowest BCUT2D eigenvalue weighted by Gasteiger charge is -1.93. The van der Waals surface area contributed by atoms with Crippen LogP contribution in [0.1, 0.15) is 8.27 Å². The second-order valence-electron chi connectivity index (χ2n) is 1.27. The molecule has 0 aromatic rings. The molecule has 0 radical (unpaired) electrons. The van der Waals surface area contributed by atoms with Gasteiger partial charge in [-0.1, -0.05) is 0 Å². The minimum absolute atomic E-state index is 0.607. The van der Waals surface area contributed by atoms with Crippen LogP contribution in [0, 0.1) is 0 Å². The summed E-state index contributed by atoms with van der Waals surface area (Å²) < 4.78 is 16.6. The van der Waals surface area contributed by atoms with Crippen LogP contribution in [0.4, 0.5) is 0 Å². The summed E-state index contributed by atoms with van der Waals surface area (Å²) in [4.78, 5) is 18.5. The van der Waals surface area contributed by atoms with Crippen LogP contribution in [0.25, 0.3) is 0 Å². The molecule has 0 aliphatic rings. The zero-order valence-corrected chi connectivity index (χ0v) is 4.81. The Morgan fingerprint density at radius 1 is 2.00 bits per heavy atom. The summed E-state index contributed by atoms with van der Waals surface area (Å²) in [6.45, 7) is 0.328. The summed E-state index contributed by atoms with van der Waals surface area (Å²) in [5, 5.41) is 0. The lowest BCUT2D eigenvalue weighted by atomic mass is 10.9. The van der Waals surface area contributed by atoms with Crippen molar-refractivity contribution >= 4 is 12.9 Å². The summed E-state index contributed by atoms with van der Waals surface area (Å²) in [5.74, 6) is 0. The van der Waals surface area contributed by atoms with Crippen molar-refractivity contribution in [2.45, 2.75) is 6.90 Å². The Bertz CT molecular complexity index is 137. The van der Waals surface area contributed by atoms with E-state index in [-0.39, 0.29) is 0 Å². The average molecular weight is 123 g/mol. The Balaban J connectivity index is 4.04. The highest BCUT2D eigenvalue weighted by molar-refractivity contribution is 7.74. The minimum atomic E-state index is -3.58. The Morgan fingerprint density at radius 2 is 2.43 bits per heavy atom. The van der Waals surface area contributed by atoms with E-state index in [1.807, 2.05) is 0 Å². The van der Waals surface area contributed by atoms with Gasteiger partial charge in [-0.05, 0) is 0 Å². The number of carbonyl (C=O) groups is 1. The smallest absolute Gasteiger partial charge is 0.260 e. The van der Waals surface area contributed by atoms with E-state index in [9.17, 15) is 9.36 Å². The van der Waals surface area contributed by atoms with E-state index in [0.717, 1.165) is 6.66 Å². The molecular weight excluding hydrogens is 115 g/mol. The van der Waals surface area contributed by atoms with Crippen LogP contribution in [0.3, 0.4) is 0 Å². The summed E-state index contributed by atoms with van der Waals surface area (Å²) in [5.41, 5.74) is -0.891. The van der Waals surface area contributed by atoms with E-state index >= 15 is 0 Å². The number of hydrogen-bond donors (Lipinski definition) is 1. The molecule has 4 heteroatoms. The topological polar surface area (TPSA) is 54.4 Å². The molecule has 1 unspecified atom stereocenters. The molecule has 0 bridgehead atoms. The summed E-state index contributed by atoms with van der Waals surface area (Å²) in [6.07, 6.45) is 0. The summed E-state index contributed by atoms with van der Waals surface area (Å²) >= 11 is 0. The number of hydrogen-bond acceptors (Lipinski definition) is 2. The third kappa shape index (κ3) is 2.54. The molecule has 0 aliphatic heterocycles. The maximum absolute atomic E-state index is 10.2. The lowest BCUT2D eigenvalue weighted by Crippen LogP contribution is -1.88. The molecule has 1 atom stereocenters. The van der Waals surface area contributed by atoms with Gasteiger partial charge < -0.3 is 4.89 Å². The van der Waals surface area contributed by atoms with Crippen LogP contribution in [0.15, 0.2) is 0 Å². The Labute approximate surface area is 43.2 Å². The van der Waals surface area contributed by atoms with Gasteiger partial charge in [0.1, 0.15) is 0 Å². The van der Waals surface area contributed by atoms with E-state index in [2.05, 4.69) is 0 Å². The van der Waals surface area contributed by atoms with Crippen molar-refractivity contribution in [2.75, 3.05) is 6.66 Å². The second-order valence-corrected chi connectivity index (χ2v) is 3.53. The Hall–Kier alpha value is -0.140. The fourth-order valence-corrected chi connectivity index (χ4v) is 0. The molecule has 0 amide bonds.